The largest absolute Gasteiger partial charge is 0.367 e. The van der Waals surface area contributed by atoms with Gasteiger partial charge in [0.1, 0.15) is 17.7 Å². The number of carbonyl (C=O) groups is 1. The lowest BCUT2D eigenvalue weighted by Crippen LogP contribution is -2.43. The fourth-order valence-corrected chi connectivity index (χ4v) is 2.57. The number of halogens is 1. The number of ether oxygens (including phenoxy) is 1. The minimum atomic E-state index is -0.323. The van der Waals surface area contributed by atoms with E-state index in [-0.39, 0.29) is 24.2 Å². The highest BCUT2D eigenvalue weighted by Crippen LogP contribution is 2.20. The van der Waals surface area contributed by atoms with E-state index in [2.05, 4.69) is 9.97 Å². The number of carbonyl (C=O) groups excluding carboxylic acids is 1. The SMILES string of the molecule is Cc1cnc(C2CN(C(=O)Cc3cccc(F)c3)CCO2)[nH]1. The summed E-state index contributed by atoms with van der Waals surface area (Å²) < 4.78 is 18.9. The van der Waals surface area contributed by atoms with Gasteiger partial charge in [0.25, 0.3) is 0 Å². The van der Waals surface area contributed by atoms with Crippen molar-refractivity contribution in [3.63, 3.8) is 0 Å². The van der Waals surface area contributed by atoms with Gasteiger partial charge in [-0.15, -0.1) is 0 Å². The molecule has 1 aromatic heterocycles. The highest BCUT2D eigenvalue weighted by molar-refractivity contribution is 5.78. The number of nitrogens with one attached hydrogen (secondary N) is 1. The number of morpholine rings is 1. The second-order valence-electron chi connectivity index (χ2n) is 5.46. The van der Waals surface area contributed by atoms with Crippen LogP contribution in [-0.4, -0.2) is 40.5 Å². The van der Waals surface area contributed by atoms with Crippen molar-refractivity contribution in [3.8, 4) is 0 Å². The lowest BCUT2D eigenvalue weighted by Gasteiger charge is -2.32. The highest BCUT2D eigenvalue weighted by atomic mass is 19.1. The van der Waals surface area contributed by atoms with E-state index in [1.165, 1.54) is 12.1 Å². The molecule has 1 fully saturated rings. The van der Waals surface area contributed by atoms with Crippen molar-refractivity contribution in [2.75, 3.05) is 19.7 Å². The van der Waals surface area contributed by atoms with Crippen molar-refractivity contribution in [3.05, 3.63) is 53.4 Å². The molecule has 0 saturated carbocycles. The summed E-state index contributed by atoms with van der Waals surface area (Å²) >= 11 is 0. The van der Waals surface area contributed by atoms with Crippen molar-refractivity contribution in [1.82, 2.24) is 14.9 Å². The summed E-state index contributed by atoms with van der Waals surface area (Å²) in [6.45, 7) is 3.40. The van der Waals surface area contributed by atoms with E-state index in [0.717, 1.165) is 11.5 Å². The maximum Gasteiger partial charge on any atom is 0.227 e. The van der Waals surface area contributed by atoms with E-state index in [9.17, 15) is 9.18 Å². The third kappa shape index (κ3) is 3.33. The van der Waals surface area contributed by atoms with Crippen LogP contribution in [-0.2, 0) is 16.0 Å². The molecule has 0 radical (unpaired) electrons. The first-order valence-electron chi connectivity index (χ1n) is 7.27. The van der Waals surface area contributed by atoms with Gasteiger partial charge in [-0.2, -0.15) is 0 Å². The Morgan fingerprint density at radius 1 is 1.55 bits per heavy atom. The number of imidazole rings is 1. The van der Waals surface area contributed by atoms with Gasteiger partial charge in [-0.25, -0.2) is 9.37 Å². The third-order valence-corrected chi connectivity index (χ3v) is 3.69. The maximum absolute atomic E-state index is 13.2. The summed E-state index contributed by atoms with van der Waals surface area (Å²) in [5.74, 6) is 0.388. The fourth-order valence-electron chi connectivity index (χ4n) is 2.57. The van der Waals surface area contributed by atoms with Gasteiger partial charge in [0.2, 0.25) is 5.91 Å². The van der Waals surface area contributed by atoms with Crippen LogP contribution in [0.5, 0.6) is 0 Å². The Morgan fingerprint density at radius 2 is 2.41 bits per heavy atom. The molecular formula is C16H18FN3O2. The molecule has 0 aliphatic carbocycles. The van der Waals surface area contributed by atoms with Gasteiger partial charge in [-0.3, -0.25) is 4.79 Å². The molecule has 116 valence electrons. The molecule has 5 nitrogen and oxygen atoms in total. The summed E-state index contributed by atoms with van der Waals surface area (Å²) in [4.78, 5) is 21.5. The van der Waals surface area contributed by atoms with Crippen molar-refractivity contribution < 1.29 is 13.9 Å². The van der Waals surface area contributed by atoms with Gasteiger partial charge in [-0.1, -0.05) is 12.1 Å². The van der Waals surface area contributed by atoms with Gasteiger partial charge >= 0.3 is 0 Å². The summed E-state index contributed by atoms with van der Waals surface area (Å²) in [6.07, 6.45) is 1.70. The first-order valence-corrected chi connectivity index (χ1v) is 7.27. The van der Waals surface area contributed by atoms with E-state index >= 15 is 0 Å². The molecule has 1 aliphatic rings. The second kappa shape index (κ2) is 6.27. The molecule has 22 heavy (non-hydrogen) atoms. The van der Waals surface area contributed by atoms with Gasteiger partial charge in [-0.05, 0) is 24.6 Å². The number of benzene rings is 1. The fraction of sp³-hybridized carbons (Fsp3) is 0.375. The number of rotatable bonds is 3. The number of hydrogen-bond donors (Lipinski definition) is 1. The van der Waals surface area contributed by atoms with Crippen LogP contribution in [0.4, 0.5) is 4.39 Å². The zero-order chi connectivity index (χ0) is 15.5. The molecule has 1 amide bonds. The summed E-state index contributed by atoms with van der Waals surface area (Å²) in [6, 6.07) is 6.14. The number of amides is 1. The minimum absolute atomic E-state index is 0.0258. The quantitative estimate of drug-likeness (QED) is 0.943. The summed E-state index contributed by atoms with van der Waals surface area (Å²) in [7, 11) is 0. The van der Waals surface area contributed by atoms with Crippen molar-refractivity contribution in [1.29, 1.82) is 0 Å². The van der Waals surface area contributed by atoms with E-state index in [1.807, 2.05) is 6.92 Å². The molecule has 1 aliphatic heterocycles. The normalized spacial score (nSPS) is 18.5. The Kier molecular flexibility index (Phi) is 4.20. The van der Waals surface area contributed by atoms with Crippen LogP contribution in [0.25, 0.3) is 0 Å². The predicted molar refractivity (Wildman–Crippen MR) is 78.7 cm³/mol. The van der Waals surface area contributed by atoms with Crippen LogP contribution in [0.1, 0.15) is 23.2 Å². The van der Waals surface area contributed by atoms with Crippen LogP contribution in [0, 0.1) is 12.7 Å². The molecular weight excluding hydrogens is 285 g/mol. The second-order valence-corrected chi connectivity index (χ2v) is 5.46. The topological polar surface area (TPSA) is 58.2 Å². The minimum Gasteiger partial charge on any atom is -0.367 e. The molecule has 3 rings (SSSR count). The molecule has 2 heterocycles. The Bertz CT molecular complexity index is 671. The number of aromatic nitrogens is 2. The van der Waals surface area contributed by atoms with Crippen molar-refractivity contribution >= 4 is 5.91 Å². The number of aromatic amines is 1. The first kappa shape index (κ1) is 14.7. The summed E-state index contributed by atoms with van der Waals surface area (Å²) in [5, 5.41) is 0. The van der Waals surface area contributed by atoms with Gasteiger partial charge in [0.15, 0.2) is 0 Å². The Hall–Kier alpha value is -2.21. The molecule has 1 atom stereocenters. The van der Waals surface area contributed by atoms with Crippen molar-refractivity contribution in [2.24, 2.45) is 0 Å². The van der Waals surface area contributed by atoms with Crippen LogP contribution in [0.2, 0.25) is 0 Å². The standard InChI is InChI=1S/C16H18FN3O2/c1-11-9-18-16(19-11)14-10-20(5-6-22-14)15(21)8-12-3-2-4-13(17)7-12/h2-4,7,9,14H,5-6,8,10H2,1H3,(H,18,19). The Morgan fingerprint density at radius 3 is 3.14 bits per heavy atom. The predicted octanol–water partition coefficient (Wildman–Crippen LogP) is 2.00. The number of H-pyrrole nitrogens is 1. The summed E-state index contributed by atoms with van der Waals surface area (Å²) in [5.41, 5.74) is 1.64. The van der Waals surface area contributed by atoms with Crippen molar-refractivity contribution in [2.45, 2.75) is 19.4 Å². The van der Waals surface area contributed by atoms with Gasteiger partial charge < -0.3 is 14.6 Å². The zero-order valence-corrected chi connectivity index (χ0v) is 12.4. The molecule has 1 unspecified atom stereocenters. The van der Waals surface area contributed by atoms with Crippen LogP contribution >= 0.6 is 0 Å². The average Bonchev–Trinajstić information content (AvgIpc) is 2.94. The molecule has 2 aromatic rings. The molecule has 0 bridgehead atoms. The smallest absolute Gasteiger partial charge is 0.227 e. The molecule has 6 heteroatoms. The molecule has 1 N–H and O–H groups in total. The number of hydrogen-bond acceptors (Lipinski definition) is 3. The van der Waals surface area contributed by atoms with E-state index in [1.54, 1.807) is 23.2 Å². The van der Waals surface area contributed by atoms with Gasteiger partial charge in [0, 0.05) is 18.4 Å². The number of aryl methyl sites for hydroxylation is 1. The van der Waals surface area contributed by atoms with Crippen LogP contribution in [0.15, 0.2) is 30.5 Å². The van der Waals surface area contributed by atoms with Gasteiger partial charge in [0.05, 0.1) is 19.6 Å². The van der Waals surface area contributed by atoms with E-state index in [4.69, 9.17) is 4.74 Å². The first-order chi connectivity index (χ1) is 10.6. The molecule has 1 saturated heterocycles. The molecule has 0 spiro atoms. The lowest BCUT2D eigenvalue weighted by molar-refractivity contribution is -0.138. The maximum atomic E-state index is 13.2. The molecule has 1 aromatic carbocycles. The highest BCUT2D eigenvalue weighted by Gasteiger charge is 2.27. The Balaban J connectivity index is 1.65. The number of nitrogens with zero attached hydrogens (tertiary/aromatic N) is 2. The zero-order valence-electron chi connectivity index (χ0n) is 12.4. The Labute approximate surface area is 128 Å². The van der Waals surface area contributed by atoms with Crippen LogP contribution in [0.3, 0.4) is 0 Å². The third-order valence-electron chi connectivity index (χ3n) is 3.69. The van der Waals surface area contributed by atoms with E-state index in [0.29, 0.717) is 25.3 Å². The van der Waals surface area contributed by atoms with E-state index < -0.39 is 0 Å². The lowest BCUT2D eigenvalue weighted by atomic mass is 10.1. The average molecular weight is 303 g/mol. The van der Waals surface area contributed by atoms with Crippen LogP contribution < -0.4 is 0 Å². The monoisotopic (exact) mass is 303 g/mol.